The van der Waals surface area contributed by atoms with E-state index in [4.69, 9.17) is 21.4 Å². The molecule has 0 bridgehead atoms. The van der Waals surface area contributed by atoms with Crippen LogP contribution in [0.3, 0.4) is 0 Å². The summed E-state index contributed by atoms with van der Waals surface area (Å²) in [5, 5.41) is 21.2. The summed E-state index contributed by atoms with van der Waals surface area (Å²) in [4.78, 5) is 0. The summed E-state index contributed by atoms with van der Waals surface area (Å²) >= 11 is 6.23. The highest BCUT2D eigenvalue weighted by molar-refractivity contribution is 7.84. The molecule has 2 N–H and O–H groups in total. The Morgan fingerprint density at radius 2 is 2.10 bits per heavy atom. The summed E-state index contributed by atoms with van der Waals surface area (Å²) in [6, 6.07) is 9.36. The number of hydrogen-bond acceptors (Lipinski definition) is 6. The van der Waals surface area contributed by atoms with Crippen LogP contribution in [0.25, 0.3) is 0 Å². The lowest BCUT2D eigenvalue weighted by atomic mass is 10.1. The highest BCUT2D eigenvalue weighted by Crippen LogP contribution is 2.35. The van der Waals surface area contributed by atoms with Gasteiger partial charge in [-0.1, -0.05) is 23.7 Å². The van der Waals surface area contributed by atoms with Crippen LogP contribution in [0.4, 0.5) is 16.0 Å². The average Bonchev–Trinajstić information content (AvgIpc) is 3.11. The van der Waals surface area contributed by atoms with Gasteiger partial charge in [0.2, 0.25) is 5.95 Å². The van der Waals surface area contributed by atoms with Gasteiger partial charge < -0.3 is 15.2 Å². The monoisotopic (exact) mass is 450 g/mol. The van der Waals surface area contributed by atoms with Gasteiger partial charge in [0, 0.05) is 28.3 Å². The SMILES string of the molecule is Cc1cc(Cl)c(OCCO)cc1Nc1nnc2n1[C@H](c1ccc(F)cc1)C[S@@](=O)C2. The Kier molecular flexibility index (Phi) is 6.03. The summed E-state index contributed by atoms with van der Waals surface area (Å²) in [5.41, 5.74) is 2.41. The molecule has 2 heterocycles. The number of fused-ring (bicyclic) bond motifs is 1. The lowest BCUT2D eigenvalue weighted by Crippen LogP contribution is -2.27. The molecule has 10 heteroatoms. The molecule has 0 saturated heterocycles. The largest absolute Gasteiger partial charge is 0.490 e. The van der Waals surface area contributed by atoms with Crippen LogP contribution in [0, 0.1) is 12.7 Å². The van der Waals surface area contributed by atoms with E-state index in [9.17, 15) is 8.60 Å². The number of halogens is 2. The Bertz CT molecular complexity index is 1090. The van der Waals surface area contributed by atoms with Gasteiger partial charge in [0.05, 0.1) is 23.4 Å². The molecule has 0 fully saturated rings. The summed E-state index contributed by atoms with van der Waals surface area (Å²) in [6.07, 6.45) is 0. The lowest BCUT2D eigenvalue weighted by molar-refractivity contribution is 0.201. The van der Waals surface area contributed by atoms with E-state index in [0.29, 0.717) is 39.7 Å². The van der Waals surface area contributed by atoms with Crippen LogP contribution >= 0.6 is 11.6 Å². The molecule has 0 spiro atoms. The number of hydrogen-bond donors (Lipinski definition) is 2. The number of aliphatic hydroxyl groups is 1. The minimum absolute atomic E-state index is 0.124. The van der Waals surface area contributed by atoms with E-state index in [1.54, 1.807) is 24.3 Å². The predicted molar refractivity (Wildman–Crippen MR) is 113 cm³/mol. The molecule has 0 unspecified atom stereocenters. The number of nitrogens with zero attached hydrogens (tertiary/aromatic N) is 3. The Balaban J connectivity index is 1.71. The predicted octanol–water partition coefficient (Wildman–Crippen LogP) is 3.35. The van der Waals surface area contributed by atoms with Crippen molar-refractivity contribution in [2.24, 2.45) is 0 Å². The fourth-order valence-electron chi connectivity index (χ4n) is 3.39. The van der Waals surface area contributed by atoms with E-state index in [1.165, 1.54) is 12.1 Å². The Morgan fingerprint density at radius 1 is 1.33 bits per heavy atom. The van der Waals surface area contributed by atoms with Gasteiger partial charge in [0.25, 0.3) is 0 Å². The number of aromatic nitrogens is 3. The van der Waals surface area contributed by atoms with Gasteiger partial charge in [-0.15, -0.1) is 10.2 Å². The number of anilines is 2. The van der Waals surface area contributed by atoms with E-state index >= 15 is 0 Å². The fraction of sp³-hybridized carbons (Fsp3) is 0.300. The molecule has 158 valence electrons. The number of ether oxygens (including phenoxy) is 1. The van der Waals surface area contributed by atoms with E-state index in [0.717, 1.165) is 11.1 Å². The minimum Gasteiger partial charge on any atom is -0.490 e. The van der Waals surface area contributed by atoms with Crippen LogP contribution in [0.5, 0.6) is 5.75 Å². The van der Waals surface area contributed by atoms with Crippen LogP contribution in [0.15, 0.2) is 36.4 Å². The van der Waals surface area contributed by atoms with Crippen molar-refractivity contribution in [3.05, 3.63) is 64.2 Å². The summed E-state index contributed by atoms with van der Waals surface area (Å²) in [7, 11) is -1.09. The third-order valence-electron chi connectivity index (χ3n) is 4.84. The summed E-state index contributed by atoms with van der Waals surface area (Å²) in [5.74, 6) is 1.88. The maximum absolute atomic E-state index is 13.4. The van der Waals surface area contributed by atoms with Crippen molar-refractivity contribution in [2.75, 3.05) is 24.3 Å². The zero-order chi connectivity index (χ0) is 21.3. The fourth-order valence-corrected chi connectivity index (χ4v) is 4.96. The molecule has 2 atom stereocenters. The van der Waals surface area contributed by atoms with Gasteiger partial charge in [-0.2, -0.15) is 0 Å². The second-order valence-electron chi connectivity index (χ2n) is 6.92. The van der Waals surface area contributed by atoms with E-state index in [1.807, 2.05) is 11.5 Å². The van der Waals surface area contributed by atoms with Gasteiger partial charge >= 0.3 is 0 Å². The number of nitrogens with one attached hydrogen (secondary N) is 1. The molecule has 1 aliphatic heterocycles. The second kappa shape index (κ2) is 8.71. The molecule has 7 nitrogen and oxygen atoms in total. The van der Waals surface area contributed by atoms with E-state index < -0.39 is 10.8 Å². The number of benzene rings is 2. The first-order valence-electron chi connectivity index (χ1n) is 9.31. The minimum atomic E-state index is -1.09. The summed E-state index contributed by atoms with van der Waals surface area (Å²) in [6.45, 7) is 1.90. The normalized spacial score (nSPS) is 18.1. The van der Waals surface area contributed by atoms with Crippen molar-refractivity contribution in [3.63, 3.8) is 0 Å². The van der Waals surface area contributed by atoms with E-state index in [-0.39, 0.29) is 25.1 Å². The summed E-state index contributed by atoms with van der Waals surface area (Å²) < 4.78 is 33.1. The van der Waals surface area contributed by atoms with Crippen LogP contribution in [-0.4, -0.2) is 43.0 Å². The smallest absolute Gasteiger partial charge is 0.229 e. The third kappa shape index (κ3) is 4.19. The number of aliphatic hydroxyl groups excluding tert-OH is 1. The van der Waals surface area contributed by atoms with Crippen molar-refractivity contribution in [1.82, 2.24) is 14.8 Å². The first-order valence-corrected chi connectivity index (χ1v) is 11.2. The molecule has 0 amide bonds. The maximum Gasteiger partial charge on any atom is 0.229 e. The molecule has 0 saturated carbocycles. The van der Waals surface area contributed by atoms with Crippen molar-refractivity contribution >= 4 is 34.0 Å². The molecule has 1 aromatic heterocycles. The van der Waals surface area contributed by atoms with Crippen LogP contribution in [-0.2, 0) is 16.6 Å². The Hall–Kier alpha value is -2.49. The standard InChI is InChI=1S/C20H20ClFN4O3S/c1-12-8-15(21)18(29-7-6-27)9-16(12)23-20-25-24-19-11-30(28)10-17(26(19)20)13-2-4-14(22)5-3-13/h2-5,8-9,17,27H,6-7,10-11H2,1H3,(H,23,25)/t17-,30+/m0/s1. The molecule has 0 radical (unpaired) electrons. The molecule has 4 rings (SSSR count). The molecule has 3 aromatic rings. The van der Waals surface area contributed by atoms with Crippen LogP contribution < -0.4 is 10.1 Å². The van der Waals surface area contributed by atoms with Crippen LogP contribution in [0.2, 0.25) is 5.02 Å². The molecule has 30 heavy (non-hydrogen) atoms. The maximum atomic E-state index is 13.4. The first kappa shape index (κ1) is 20.8. The zero-order valence-electron chi connectivity index (χ0n) is 16.1. The molecular formula is C20H20ClFN4O3S. The topological polar surface area (TPSA) is 89.3 Å². The number of aryl methyl sites for hydroxylation is 1. The molecule has 1 aliphatic rings. The quantitative estimate of drug-likeness (QED) is 0.598. The lowest BCUT2D eigenvalue weighted by Gasteiger charge is -2.26. The Morgan fingerprint density at radius 3 is 2.83 bits per heavy atom. The highest BCUT2D eigenvalue weighted by atomic mass is 35.5. The van der Waals surface area contributed by atoms with Gasteiger partial charge in [0.1, 0.15) is 24.0 Å². The van der Waals surface area contributed by atoms with E-state index in [2.05, 4.69) is 15.5 Å². The number of rotatable bonds is 6. The van der Waals surface area contributed by atoms with Crippen LogP contribution in [0.1, 0.15) is 23.0 Å². The molecule has 0 aliphatic carbocycles. The molecule has 2 aromatic carbocycles. The Labute approximate surface area is 180 Å². The second-order valence-corrected chi connectivity index (χ2v) is 8.83. The first-order chi connectivity index (χ1) is 14.5. The molecular weight excluding hydrogens is 431 g/mol. The van der Waals surface area contributed by atoms with Gasteiger partial charge in [-0.3, -0.25) is 8.78 Å². The van der Waals surface area contributed by atoms with Gasteiger partial charge in [-0.05, 0) is 36.2 Å². The van der Waals surface area contributed by atoms with Crippen molar-refractivity contribution in [1.29, 1.82) is 0 Å². The van der Waals surface area contributed by atoms with Crippen molar-refractivity contribution < 1.29 is 18.4 Å². The third-order valence-corrected chi connectivity index (χ3v) is 6.40. The van der Waals surface area contributed by atoms with Gasteiger partial charge in [0.15, 0.2) is 0 Å². The van der Waals surface area contributed by atoms with Crippen molar-refractivity contribution in [3.8, 4) is 5.75 Å². The van der Waals surface area contributed by atoms with Gasteiger partial charge in [-0.25, -0.2) is 4.39 Å². The highest BCUT2D eigenvalue weighted by Gasteiger charge is 2.30. The average molecular weight is 451 g/mol. The zero-order valence-corrected chi connectivity index (χ0v) is 17.7. The van der Waals surface area contributed by atoms with Crippen molar-refractivity contribution in [2.45, 2.75) is 18.7 Å².